The van der Waals surface area contributed by atoms with Crippen molar-refractivity contribution in [1.29, 1.82) is 0 Å². The molecule has 54 heavy (non-hydrogen) atoms. The van der Waals surface area contributed by atoms with Crippen LogP contribution in [0.15, 0.2) is 36.4 Å². The maximum absolute atomic E-state index is 14.7. The number of fused-ring (bicyclic) bond motifs is 7. The summed E-state index contributed by atoms with van der Waals surface area (Å²) in [6.07, 6.45) is 3.33. The van der Waals surface area contributed by atoms with Crippen LogP contribution in [-0.2, 0) is 15.9 Å². The van der Waals surface area contributed by atoms with Gasteiger partial charge in [-0.2, -0.15) is 9.97 Å². The second kappa shape index (κ2) is 13.5. The van der Waals surface area contributed by atoms with Crippen molar-refractivity contribution < 1.29 is 32.9 Å². The van der Waals surface area contributed by atoms with E-state index in [1.807, 2.05) is 43.9 Å². The Morgan fingerprint density at radius 1 is 1.11 bits per heavy atom. The van der Waals surface area contributed by atoms with Gasteiger partial charge in [-0.25, -0.2) is 14.2 Å². The lowest BCUT2D eigenvalue weighted by Crippen LogP contribution is -2.60. The predicted octanol–water partition coefficient (Wildman–Crippen LogP) is 6.72. The maximum Gasteiger partial charge on any atom is 0.411 e. The fourth-order valence-corrected chi connectivity index (χ4v) is 9.71. The molecule has 4 aromatic rings. The SMILES string of the molecule is CCc1cccc2cc(OCOC)cc(-c3cc4nc(OC[C@]56CCCN5C[C@@H](F)C6)nc5c4c(n3)OC[C@H]3C5N[C@@H]4CC[C@H]3N4C(=O)OC(C)(C)C)c12. The number of nitrogens with zero attached hydrogens (tertiary/aromatic N) is 5. The molecule has 5 aliphatic heterocycles. The van der Waals surface area contributed by atoms with Gasteiger partial charge in [0.1, 0.15) is 24.1 Å². The highest BCUT2D eigenvalue weighted by Gasteiger charge is 2.53. The molecule has 0 radical (unpaired) electrons. The van der Waals surface area contributed by atoms with E-state index in [0.717, 1.165) is 60.7 Å². The van der Waals surface area contributed by atoms with Crippen LogP contribution in [0.4, 0.5) is 9.18 Å². The highest BCUT2D eigenvalue weighted by Crippen LogP contribution is 2.48. The number of methoxy groups -OCH3 is 1. The van der Waals surface area contributed by atoms with E-state index in [1.165, 1.54) is 5.56 Å². The Morgan fingerprint density at radius 2 is 1.98 bits per heavy atom. The van der Waals surface area contributed by atoms with E-state index in [-0.39, 0.29) is 48.6 Å². The fourth-order valence-electron chi connectivity index (χ4n) is 9.71. The largest absolute Gasteiger partial charge is 0.477 e. The lowest BCUT2D eigenvalue weighted by molar-refractivity contribution is -0.0192. The highest BCUT2D eigenvalue weighted by atomic mass is 19.1. The Hall–Kier alpha value is -4.33. The minimum Gasteiger partial charge on any atom is -0.477 e. The second-order valence-corrected chi connectivity index (χ2v) is 16.5. The number of amides is 1. The predicted molar refractivity (Wildman–Crippen MR) is 200 cm³/mol. The number of pyridine rings is 1. The molecule has 1 unspecified atom stereocenters. The summed E-state index contributed by atoms with van der Waals surface area (Å²) in [5, 5.41) is 6.58. The van der Waals surface area contributed by atoms with Gasteiger partial charge in [0, 0.05) is 37.6 Å². The first-order valence-corrected chi connectivity index (χ1v) is 19.4. The van der Waals surface area contributed by atoms with Gasteiger partial charge in [-0.15, -0.1) is 0 Å². The van der Waals surface area contributed by atoms with Gasteiger partial charge in [0.15, 0.2) is 6.79 Å². The number of aryl methyl sites for hydroxylation is 1. The van der Waals surface area contributed by atoms with Gasteiger partial charge >= 0.3 is 12.1 Å². The van der Waals surface area contributed by atoms with Crippen LogP contribution in [0.3, 0.4) is 0 Å². The zero-order valence-electron chi connectivity index (χ0n) is 31.7. The summed E-state index contributed by atoms with van der Waals surface area (Å²) in [5.41, 5.74) is 3.13. The maximum atomic E-state index is 14.7. The van der Waals surface area contributed by atoms with Crippen LogP contribution in [0.25, 0.3) is 32.9 Å². The number of halogens is 1. The van der Waals surface area contributed by atoms with Crippen LogP contribution in [0, 0.1) is 5.92 Å². The number of rotatable bonds is 8. The summed E-state index contributed by atoms with van der Waals surface area (Å²) in [5.74, 6) is 0.941. The number of hydrogen-bond acceptors (Lipinski definition) is 11. The standard InChI is InChI=1S/C41H49FN6O6/c1-6-23-9-7-10-24-15-26(53-22-50-5)16-27(33(23)24)29-17-30-34-36(46-38(44-30)52-21-41-13-8-14-47(41)19-25(42)18-41)35-28(20-51-37(34)43-29)31-11-12-32(45-35)48(31)39(49)54-40(2,3)4/h7,9-10,15-17,25,28,31-32,35,45H,6,8,11-14,18-22H2,1-5H3/t25-,28+,31+,32-,35?,41+/m0/s1. The zero-order chi connectivity index (χ0) is 37.4. The molecule has 286 valence electrons. The molecule has 5 aliphatic rings. The molecule has 2 aromatic heterocycles. The first kappa shape index (κ1) is 35.4. The van der Waals surface area contributed by atoms with Crippen molar-refractivity contribution in [2.24, 2.45) is 5.92 Å². The molecular weight excluding hydrogens is 691 g/mol. The highest BCUT2D eigenvalue weighted by molar-refractivity contribution is 6.01. The molecule has 13 heteroatoms. The van der Waals surface area contributed by atoms with Crippen LogP contribution >= 0.6 is 0 Å². The molecule has 2 bridgehead atoms. The summed E-state index contributed by atoms with van der Waals surface area (Å²) < 4.78 is 45.1. The van der Waals surface area contributed by atoms with Crippen molar-refractivity contribution in [3.8, 4) is 28.9 Å². The van der Waals surface area contributed by atoms with Gasteiger partial charge in [-0.05, 0) is 94.0 Å². The van der Waals surface area contributed by atoms with E-state index in [2.05, 4.69) is 35.3 Å². The normalized spacial score (nSPS) is 27.4. The zero-order valence-corrected chi connectivity index (χ0v) is 31.7. The molecule has 6 atom stereocenters. The van der Waals surface area contributed by atoms with Crippen molar-refractivity contribution in [3.63, 3.8) is 0 Å². The Labute approximate surface area is 314 Å². The first-order valence-electron chi connectivity index (χ1n) is 19.4. The number of benzene rings is 2. The number of carbonyl (C=O) groups is 1. The molecule has 4 fully saturated rings. The van der Waals surface area contributed by atoms with Crippen molar-refractivity contribution >= 4 is 27.8 Å². The van der Waals surface area contributed by atoms with Crippen molar-refractivity contribution in [1.82, 2.24) is 30.1 Å². The van der Waals surface area contributed by atoms with Crippen molar-refractivity contribution in [2.45, 2.75) is 102 Å². The molecule has 2 aromatic carbocycles. The van der Waals surface area contributed by atoms with Crippen LogP contribution in [0.1, 0.15) is 77.1 Å². The Kier molecular flexibility index (Phi) is 8.81. The Balaban J connectivity index is 1.17. The average Bonchev–Trinajstić information content (AvgIpc) is 3.75. The lowest BCUT2D eigenvalue weighted by atomic mass is 9.87. The van der Waals surface area contributed by atoms with Gasteiger partial charge < -0.3 is 23.7 Å². The molecule has 9 rings (SSSR count). The molecular formula is C41H49FN6O6. The summed E-state index contributed by atoms with van der Waals surface area (Å²) in [6, 6.07) is 12.1. The van der Waals surface area contributed by atoms with E-state index >= 15 is 0 Å². The number of hydrogen-bond donors (Lipinski definition) is 1. The summed E-state index contributed by atoms with van der Waals surface area (Å²) in [7, 11) is 1.60. The third-order valence-corrected chi connectivity index (χ3v) is 12.0. The van der Waals surface area contributed by atoms with Crippen molar-refractivity contribution in [2.75, 3.05) is 40.2 Å². The van der Waals surface area contributed by atoms with Gasteiger partial charge in [0.05, 0.1) is 46.6 Å². The van der Waals surface area contributed by atoms with Gasteiger partial charge in [-0.1, -0.05) is 25.1 Å². The molecule has 4 saturated heterocycles. The monoisotopic (exact) mass is 740 g/mol. The molecule has 12 nitrogen and oxygen atoms in total. The minimum absolute atomic E-state index is 0.107. The number of ether oxygens (including phenoxy) is 5. The Morgan fingerprint density at radius 3 is 2.80 bits per heavy atom. The number of alkyl halides is 1. The molecule has 0 spiro atoms. The average molecular weight is 741 g/mol. The topological polar surface area (TPSA) is 120 Å². The fraction of sp³-hybridized carbons (Fsp3) is 0.561. The first-order chi connectivity index (χ1) is 26.0. The van der Waals surface area contributed by atoms with E-state index < -0.39 is 11.8 Å². The summed E-state index contributed by atoms with van der Waals surface area (Å²) in [6.45, 7) is 9.83. The van der Waals surface area contributed by atoms with E-state index in [0.29, 0.717) is 54.4 Å². The van der Waals surface area contributed by atoms with Crippen molar-refractivity contribution in [3.05, 3.63) is 47.7 Å². The smallest absolute Gasteiger partial charge is 0.411 e. The molecule has 1 N–H and O–H groups in total. The quantitative estimate of drug-likeness (QED) is 0.194. The third-order valence-electron chi connectivity index (χ3n) is 12.0. The van der Waals surface area contributed by atoms with Crippen LogP contribution in [0.5, 0.6) is 17.6 Å². The van der Waals surface area contributed by atoms with E-state index in [1.54, 1.807) is 7.11 Å². The molecule has 0 saturated carbocycles. The van der Waals surface area contributed by atoms with Crippen LogP contribution in [-0.4, -0.2) is 101 Å². The van der Waals surface area contributed by atoms with Gasteiger partial charge in [0.2, 0.25) is 5.88 Å². The molecule has 0 aliphatic carbocycles. The summed E-state index contributed by atoms with van der Waals surface area (Å²) in [4.78, 5) is 33.1. The lowest BCUT2D eigenvalue weighted by Gasteiger charge is -2.44. The third kappa shape index (κ3) is 6.08. The minimum atomic E-state index is -0.869. The number of aromatic nitrogens is 3. The van der Waals surface area contributed by atoms with Crippen LogP contribution < -0.4 is 19.5 Å². The number of carbonyl (C=O) groups excluding carboxylic acids is 1. The molecule has 7 heterocycles. The van der Waals surface area contributed by atoms with Crippen LogP contribution in [0.2, 0.25) is 0 Å². The van der Waals surface area contributed by atoms with E-state index in [9.17, 15) is 9.18 Å². The summed E-state index contributed by atoms with van der Waals surface area (Å²) >= 11 is 0. The number of nitrogens with one attached hydrogen (secondary N) is 1. The second-order valence-electron chi connectivity index (χ2n) is 16.5. The van der Waals surface area contributed by atoms with E-state index in [4.69, 9.17) is 38.6 Å². The van der Waals surface area contributed by atoms with Gasteiger partial charge in [-0.3, -0.25) is 15.1 Å². The molecule has 1 amide bonds. The van der Waals surface area contributed by atoms with Gasteiger partial charge in [0.25, 0.3) is 0 Å². The Bertz CT molecular complexity index is 2110.